The molecule has 0 radical (unpaired) electrons. The van der Waals surface area contributed by atoms with Gasteiger partial charge in [-0.3, -0.25) is 14.3 Å². The number of carbonyl (C=O) groups is 2. The smallest absolute Gasteiger partial charge is 0.272 e. The quantitative estimate of drug-likeness (QED) is 0.579. The molecule has 2 aliphatic rings. The number of aromatic nitrogens is 2. The van der Waals surface area contributed by atoms with E-state index in [1.54, 1.807) is 16.8 Å². The summed E-state index contributed by atoms with van der Waals surface area (Å²) in [6.07, 6.45) is 1.59. The third-order valence-electron chi connectivity index (χ3n) is 6.60. The van der Waals surface area contributed by atoms with Crippen LogP contribution in [-0.2, 0) is 23.0 Å². The number of nitrogens with zero attached hydrogens (tertiary/aromatic N) is 4. The Bertz CT molecular complexity index is 1030. The predicted octanol–water partition coefficient (Wildman–Crippen LogP) is 3.43. The number of carbonyl (C=O) groups excluding carboxylic acids is 2. The van der Waals surface area contributed by atoms with Gasteiger partial charge in [0, 0.05) is 57.0 Å². The first kappa shape index (κ1) is 25.5. The van der Waals surface area contributed by atoms with Gasteiger partial charge >= 0.3 is 0 Å². The summed E-state index contributed by atoms with van der Waals surface area (Å²) in [4.78, 5) is 30.2. The molecule has 2 fully saturated rings. The normalized spacial score (nSPS) is 20.8. The van der Waals surface area contributed by atoms with Crippen molar-refractivity contribution in [2.45, 2.75) is 39.2 Å². The van der Waals surface area contributed by atoms with Gasteiger partial charge in [0.15, 0.2) is 0 Å². The van der Waals surface area contributed by atoms with Crippen LogP contribution in [0.15, 0.2) is 30.3 Å². The van der Waals surface area contributed by atoms with E-state index in [1.807, 2.05) is 35.0 Å². The number of hydrogen-bond acceptors (Lipinski definition) is 5. The van der Waals surface area contributed by atoms with Crippen molar-refractivity contribution in [3.05, 3.63) is 46.7 Å². The van der Waals surface area contributed by atoms with Gasteiger partial charge in [-0.2, -0.15) is 5.10 Å². The number of ether oxygens (including phenoxy) is 2. The maximum absolute atomic E-state index is 13.5. The Labute approximate surface area is 212 Å². The van der Waals surface area contributed by atoms with E-state index in [-0.39, 0.29) is 23.8 Å². The van der Waals surface area contributed by atoms with Crippen LogP contribution in [-0.4, -0.2) is 76.9 Å². The highest BCUT2D eigenvalue weighted by molar-refractivity contribution is 6.30. The van der Waals surface area contributed by atoms with Crippen molar-refractivity contribution in [3.63, 3.8) is 0 Å². The molecule has 0 unspecified atom stereocenters. The molecule has 3 heterocycles. The van der Waals surface area contributed by atoms with Gasteiger partial charge in [-0.15, -0.1) is 0 Å². The summed E-state index contributed by atoms with van der Waals surface area (Å²) in [5.41, 5.74) is 1.50. The Kier molecular flexibility index (Phi) is 8.34. The molecule has 2 saturated heterocycles. The maximum Gasteiger partial charge on any atom is 0.272 e. The molecule has 2 aromatic rings. The summed E-state index contributed by atoms with van der Waals surface area (Å²) < 4.78 is 13.4. The third-order valence-corrected chi connectivity index (χ3v) is 6.84. The third kappa shape index (κ3) is 6.55. The van der Waals surface area contributed by atoms with E-state index in [1.165, 1.54) is 0 Å². The van der Waals surface area contributed by atoms with E-state index in [0.29, 0.717) is 74.6 Å². The molecule has 8 nitrogen and oxygen atoms in total. The summed E-state index contributed by atoms with van der Waals surface area (Å²) in [5, 5.41) is 5.14. The molecule has 0 N–H and O–H groups in total. The van der Waals surface area contributed by atoms with Crippen LogP contribution in [0.3, 0.4) is 0 Å². The van der Waals surface area contributed by atoms with Crippen LogP contribution >= 0.6 is 11.6 Å². The highest BCUT2D eigenvalue weighted by Crippen LogP contribution is 2.29. The summed E-state index contributed by atoms with van der Waals surface area (Å²) in [7, 11) is 1.81. The zero-order valence-corrected chi connectivity index (χ0v) is 21.5. The lowest BCUT2D eigenvalue weighted by molar-refractivity contribution is -0.137. The summed E-state index contributed by atoms with van der Waals surface area (Å²) in [6, 6.07) is 9.20. The number of likely N-dealkylation sites (tertiary alicyclic amines) is 1. The predicted molar refractivity (Wildman–Crippen MR) is 134 cm³/mol. The zero-order chi connectivity index (χ0) is 24.9. The highest BCUT2D eigenvalue weighted by Gasteiger charge is 2.36. The van der Waals surface area contributed by atoms with Gasteiger partial charge in [0.25, 0.3) is 5.91 Å². The second-order valence-corrected chi connectivity index (χ2v) is 10.3. The Morgan fingerprint density at radius 2 is 1.94 bits per heavy atom. The minimum atomic E-state index is -0.189. The first-order valence-electron chi connectivity index (χ1n) is 12.4. The van der Waals surface area contributed by atoms with E-state index in [2.05, 4.69) is 18.9 Å². The molecule has 190 valence electrons. The van der Waals surface area contributed by atoms with Crippen molar-refractivity contribution in [2.75, 3.05) is 39.4 Å². The highest BCUT2D eigenvalue weighted by atomic mass is 35.5. The SMILES string of the molecule is CC(C)Cc1cc(C(=O)N2CC[C@H](Oc3cccc(Cl)c3)[C@@H](CC(=O)N3CCOCC3)C2)n(C)n1. The Morgan fingerprint density at radius 3 is 2.66 bits per heavy atom. The minimum Gasteiger partial charge on any atom is -0.490 e. The van der Waals surface area contributed by atoms with Crippen molar-refractivity contribution < 1.29 is 19.1 Å². The molecular formula is C26H35ClN4O4. The van der Waals surface area contributed by atoms with Crippen LogP contribution in [0.5, 0.6) is 5.75 Å². The molecule has 4 rings (SSSR count). The van der Waals surface area contributed by atoms with Gasteiger partial charge in [-0.25, -0.2) is 0 Å². The molecule has 0 bridgehead atoms. The van der Waals surface area contributed by atoms with Crippen molar-refractivity contribution in [3.8, 4) is 5.75 Å². The number of piperidine rings is 1. The summed E-state index contributed by atoms with van der Waals surface area (Å²) in [6.45, 7) is 7.59. The summed E-state index contributed by atoms with van der Waals surface area (Å²) >= 11 is 6.15. The van der Waals surface area contributed by atoms with E-state index >= 15 is 0 Å². The van der Waals surface area contributed by atoms with Crippen molar-refractivity contribution in [1.29, 1.82) is 0 Å². The fourth-order valence-corrected chi connectivity index (χ4v) is 5.01. The molecule has 1 aromatic carbocycles. The molecular weight excluding hydrogens is 468 g/mol. The molecule has 2 atom stereocenters. The van der Waals surface area contributed by atoms with Gasteiger partial charge in [0.1, 0.15) is 17.5 Å². The number of rotatable bonds is 7. The fourth-order valence-electron chi connectivity index (χ4n) is 4.83. The molecule has 0 aliphatic carbocycles. The number of morpholine rings is 1. The van der Waals surface area contributed by atoms with E-state index in [4.69, 9.17) is 21.1 Å². The van der Waals surface area contributed by atoms with E-state index in [9.17, 15) is 9.59 Å². The number of hydrogen-bond donors (Lipinski definition) is 0. The monoisotopic (exact) mass is 502 g/mol. The summed E-state index contributed by atoms with van der Waals surface area (Å²) in [5.74, 6) is 1.02. The lowest BCUT2D eigenvalue weighted by Crippen LogP contribution is -2.50. The molecule has 2 amide bonds. The van der Waals surface area contributed by atoms with Gasteiger partial charge in [0.05, 0.1) is 18.9 Å². The average molecular weight is 503 g/mol. The van der Waals surface area contributed by atoms with Gasteiger partial charge in [0.2, 0.25) is 5.91 Å². The standard InChI is InChI=1S/C26H35ClN4O4/c1-18(2)13-21-16-23(29(3)28-21)26(33)31-8-7-24(35-22-6-4-5-20(27)15-22)19(17-31)14-25(32)30-9-11-34-12-10-30/h4-6,15-16,18-19,24H,7-14,17H2,1-3H3/t19-,24-/m0/s1. The number of amides is 2. The average Bonchev–Trinajstić information content (AvgIpc) is 3.19. The topological polar surface area (TPSA) is 76.9 Å². The van der Waals surface area contributed by atoms with E-state index < -0.39 is 0 Å². The van der Waals surface area contributed by atoms with Crippen LogP contribution in [0.4, 0.5) is 0 Å². The van der Waals surface area contributed by atoms with Crippen molar-refractivity contribution in [1.82, 2.24) is 19.6 Å². The second kappa shape index (κ2) is 11.4. The van der Waals surface area contributed by atoms with Gasteiger partial charge in [-0.1, -0.05) is 31.5 Å². The molecule has 2 aliphatic heterocycles. The first-order valence-corrected chi connectivity index (χ1v) is 12.8. The zero-order valence-electron chi connectivity index (χ0n) is 20.8. The van der Waals surface area contributed by atoms with Crippen molar-refractivity contribution in [2.24, 2.45) is 18.9 Å². The van der Waals surface area contributed by atoms with Gasteiger partial charge in [-0.05, 0) is 36.6 Å². The lowest BCUT2D eigenvalue weighted by Gasteiger charge is -2.39. The number of aryl methyl sites for hydroxylation is 1. The number of benzene rings is 1. The van der Waals surface area contributed by atoms with Crippen LogP contribution in [0.1, 0.15) is 42.9 Å². The van der Waals surface area contributed by atoms with Crippen LogP contribution in [0.25, 0.3) is 0 Å². The molecule has 35 heavy (non-hydrogen) atoms. The van der Waals surface area contributed by atoms with Crippen LogP contribution in [0, 0.1) is 11.8 Å². The second-order valence-electron chi connectivity index (χ2n) is 9.85. The Morgan fingerprint density at radius 1 is 1.17 bits per heavy atom. The van der Waals surface area contributed by atoms with Gasteiger partial charge < -0.3 is 19.3 Å². The molecule has 1 aromatic heterocycles. The lowest BCUT2D eigenvalue weighted by atomic mass is 9.90. The largest absolute Gasteiger partial charge is 0.490 e. The first-order chi connectivity index (χ1) is 16.8. The molecule has 0 spiro atoms. The molecule has 9 heteroatoms. The molecule has 0 saturated carbocycles. The Hall–Kier alpha value is -2.58. The van der Waals surface area contributed by atoms with Crippen LogP contribution in [0.2, 0.25) is 5.02 Å². The van der Waals surface area contributed by atoms with E-state index in [0.717, 1.165) is 12.1 Å². The fraction of sp³-hybridized carbons (Fsp3) is 0.577. The maximum atomic E-state index is 13.5. The minimum absolute atomic E-state index is 0.0555. The Balaban J connectivity index is 1.50. The van der Waals surface area contributed by atoms with Crippen LogP contribution < -0.4 is 4.74 Å². The number of halogens is 1. The van der Waals surface area contributed by atoms with Crippen molar-refractivity contribution >= 4 is 23.4 Å².